The fraction of sp³-hybridized carbons (Fsp3) is 0.158. The van der Waals surface area contributed by atoms with E-state index >= 15 is 0 Å². The number of anilines is 1. The lowest BCUT2D eigenvalue weighted by Crippen LogP contribution is -2.40. The zero-order valence-corrected chi connectivity index (χ0v) is 16.3. The Kier molecular flexibility index (Phi) is 5.06. The monoisotopic (exact) mass is 412 g/mol. The van der Waals surface area contributed by atoms with Gasteiger partial charge in [0, 0.05) is 22.7 Å². The molecule has 0 saturated carbocycles. The fourth-order valence-corrected chi connectivity index (χ4v) is 4.24. The normalized spacial score (nSPS) is 18.4. The van der Waals surface area contributed by atoms with E-state index in [4.69, 9.17) is 17.3 Å². The van der Waals surface area contributed by atoms with Crippen molar-refractivity contribution >= 4 is 35.2 Å². The first kappa shape index (κ1) is 18.5. The lowest BCUT2D eigenvalue weighted by Gasteiger charge is -2.31. The number of nitrogens with zero attached hydrogens (tertiary/aromatic N) is 4. The summed E-state index contributed by atoms with van der Waals surface area (Å²) in [6, 6.07) is 12.6. The quantitative estimate of drug-likeness (QED) is 0.624. The molecule has 0 spiro atoms. The zero-order valence-electron chi connectivity index (χ0n) is 14.7. The van der Waals surface area contributed by atoms with Crippen LogP contribution in [0, 0.1) is 5.92 Å². The van der Waals surface area contributed by atoms with Crippen molar-refractivity contribution in [3.63, 3.8) is 0 Å². The van der Waals surface area contributed by atoms with E-state index in [9.17, 15) is 4.79 Å². The van der Waals surface area contributed by atoms with Gasteiger partial charge in [0.15, 0.2) is 0 Å². The molecule has 9 heteroatoms. The molecule has 3 aromatic rings. The van der Waals surface area contributed by atoms with Gasteiger partial charge in [0.1, 0.15) is 12.0 Å². The molecule has 1 aliphatic rings. The average molecular weight is 413 g/mol. The summed E-state index contributed by atoms with van der Waals surface area (Å²) >= 11 is 7.68. The van der Waals surface area contributed by atoms with Crippen LogP contribution in [0.4, 0.5) is 5.95 Å². The molecule has 7 nitrogen and oxygen atoms in total. The third kappa shape index (κ3) is 3.48. The molecule has 0 radical (unpaired) electrons. The van der Waals surface area contributed by atoms with E-state index in [2.05, 4.69) is 27.0 Å². The van der Waals surface area contributed by atoms with Gasteiger partial charge in [-0.3, -0.25) is 9.78 Å². The van der Waals surface area contributed by atoms with Crippen molar-refractivity contribution in [2.45, 2.75) is 17.0 Å². The molecule has 0 saturated heterocycles. The van der Waals surface area contributed by atoms with Crippen molar-refractivity contribution in [1.82, 2.24) is 19.7 Å². The topological polar surface area (TPSA) is 98.7 Å². The van der Waals surface area contributed by atoms with E-state index in [1.54, 1.807) is 10.9 Å². The number of thioether (sulfide) groups is 1. The number of hydrogen-bond acceptors (Lipinski definition) is 6. The summed E-state index contributed by atoms with van der Waals surface area (Å²) in [6.45, 7) is 3.96. The Morgan fingerprint density at radius 1 is 1.29 bits per heavy atom. The molecule has 1 aromatic carbocycles. The number of hydrogen-bond donors (Lipinski definition) is 2. The molecular formula is C19H17ClN6OS. The molecule has 2 unspecified atom stereocenters. The number of fused-ring (bicyclic) bond motifs is 1. The van der Waals surface area contributed by atoms with E-state index in [-0.39, 0.29) is 0 Å². The maximum absolute atomic E-state index is 12.1. The van der Waals surface area contributed by atoms with Crippen LogP contribution in [0.2, 0.25) is 5.02 Å². The highest BCUT2D eigenvalue weighted by Crippen LogP contribution is 2.37. The number of nitrogens with two attached hydrogens (primary N) is 1. The summed E-state index contributed by atoms with van der Waals surface area (Å²) in [5.41, 5.74) is 7.79. The first-order chi connectivity index (χ1) is 13.5. The minimum absolute atomic E-state index is 0.478. The van der Waals surface area contributed by atoms with Crippen LogP contribution in [0.5, 0.6) is 0 Å². The number of rotatable bonds is 5. The number of carbonyl (C=O) groups excluding carboxylic acids is 1. The predicted molar refractivity (Wildman–Crippen MR) is 109 cm³/mol. The summed E-state index contributed by atoms with van der Waals surface area (Å²) in [4.78, 5) is 21.1. The van der Waals surface area contributed by atoms with Gasteiger partial charge in [0.05, 0.1) is 5.69 Å². The Balaban J connectivity index is 1.68. The molecular weight excluding hydrogens is 396 g/mol. The molecule has 4 rings (SSSR count). The third-order valence-electron chi connectivity index (χ3n) is 4.45. The van der Waals surface area contributed by atoms with Gasteiger partial charge in [-0.1, -0.05) is 54.2 Å². The van der Waals surface area contributed by atoms with Gasteiger partial charge in [-0.2, -0.15) is 4.98 Å². The predicted octanol–water partition coefficient (Wildman–Crippen LogP) is 3.25. The summed E-state index contributed by atoms with van der Waals surface area (Å²) in [5, 5.41) is 8.90. The number of nitrogens with one attached hydrogen (secondary N) is 1. The molecule has 0 bridgehead atoms. The maximum atomic E-state index is 12.1. The average Bonchev–Trinajstić information content (AvgIpc) is 3.09. The van der Waals surface area contributed by atoms with Gasteiger partial charge >= 0.3 is 0 Å². The van der Waals surface area contributed by atoms with Crippen LogP contribution in [0.1, 0.15) is 17.3 Å². The Morgan fingerprint density at radius 2 is 2.07 bits per heavy atom. The summed E-state index contributed by atoms with van der Waals surface area (Å²) in [7, 11) is 0. The van der Waals surface area contributed by atoms with E-state index in [1.165, 1.54) is 11.8 Å². The molecule has 3 heterocycles. The number of halogens is 1. The van der Waals surface area contributed by atoms with Gasteiger partial charge in [-0.25, -0.2) is 4.68 Å². The number of pyridine rings is 1. The number of primary amides is 1. The van der Waals surface area contributed by atoms with Crippen molar-refractivity contribution in [1.29, 1.82) is 0 Å². The van der Waals surface area contributed by atoms with Crippen LogP contribution in [0.25, 0.3) is 0 Å². The lowest BCUT2D eigenvalue weighted by atomic mass is 9.91. The largest absolute Gasteiger partial charge is 0.369 e. The van der Waals surface area contributed by atoms with Gasteiger partial charge in [-0.15, -0.1) is 5.10 Å². The van der Waals surface area contributed by atoms with Crippen LogP contribution in [0.15, 0.2) is 66.1 Å². The number of aromatic nitrogens is 4. The number of benzene rings is 1. The SMILES string of the molecule is C=C1Nc2nc(SCc3ccccc3Cl)nn2C(c2ccccn2)C1C(N)=O. The van der Waals surface area contributed by atoms with E-state index in [1.807, 2.05) is 42.5 Å². The Morgan fingerprint density at radius 3 is 2.79 bits per heavy atom. The van der Waals surface area contributed by atoms with Crippen molar-refractivity contribution in [3.8, 4) is 0 Å². The summed E-state index contributed by atoms with van der Waals surface area (Å²) in [5.74, 6) is -0.0673. The zero-order chi connectivity index (χ0) is 19.7. The fourth-order valence-electron chi connectivity index (χ4n) is 3.13. The van der Waals surface area contributed by atoms with Crippen LogP contribution < -0.4 is 11.1 Å². The molecule has 0 fully saturated rings. The first-order valence-electron chi connectivity index (χ1n) is 8.53. The Hall–Kier alpha value is -2.84. The first-order valence-corrected chi connectivity index (χ1v) is 9.90. The summed E-state index contributed by atoms with van der Waals surface area (Å²) in [6.07, 6.45) is 1.67. The molecule has 142 valence electrons. The molecule has 2 atom stereocenters. The number of carbonyl (C=O) groups is 1. The van der Waals surface area contributed by atoms with Crippen LogP contribution in [-0.4, -0.2) is 25.7 Å². The molecule has 1 amide bonds. The van der Waals surface area contributed by atoms with Gasteiger partial charge in [-0.05, 0) is 23.8 Å². The molecule has 1 aliphatic heterocycles. The highest BCUT2D eigenvalue weighted by atomic mass is 35.5. The molecule has 3 N–H and O–H groups in total. The molecule has 0 aliphatic carbocycles. The minimum Gasteiger partial charge on any atom is -0.369 e. The van der Waals surface area contributed by atoms with E-state index in [0.29, 0.717) is 33.3 Å². The number of amides is 1. The van der Waals surface area contributed by atoms with Crippen molar-refractivity contribution in [2.75, 3.05) is 5.32 Å². The lowest BCUT2D eigenvalue weighted by molar-refractivity contribution is -0.121. The second kappa shape index (κ2) is 7.65. The molecule has 2 aromatic heterocycles. The highest BCUT2D eigenvalue weighted by Gasteiger charge is 2.39. The standard InChI is InChI=1S/C19H17ClN6OS/c1-11-15(17(21)27)16(14-8-4-5-9-22-14)26-18(23-11)24-19(25-26)28-10-12-6-2-3-7-13(12)20/h2-9,15-16H,1,10H2,(H2,21,27)(H,23,24,25). The Bertz CT molecular complexity index is 1040. The van der Waals surface area contributed by atoms with Gasteiger partial charge in [0.25, 0.3) is 0 Å². The molecule has 28 heavy (non-hydrogen) atoms. The summed E-state index contributed by atoms with van der Waals surface area (Å²) < 4.78 is 1.65. The van der Waals surface area contributed by atoms with Crippen molar-refractivity contribution < 1.29 is 4.79 Å². The maximum Gasteiger partial charge on any atom is 0.229 e. The van der Waals surface area contributed by atoms with Gasteiger partial charge in [0.2, 0.25) is 17.0 Å². The van der Waals surface area contributed by atoms with E-state index in [0.717, 1.165) is 5.56 Å². The van der Waals surface area contributed by atoms with Crippen LogP contribution in [-0.2, 0) is 10.5 Å². The van der Waals surface area contributed by atoms with Gasteiger partial charge < -0.3 is 11.1 Å². The van der Waals surface area contributed by atoms with Crippen LogP contribution >= 0.6 is 23.4 Å². The van der Waals surface area contributed by atoms with E-state index < -0.39 is 17.9 Å². The van der Waals surface area contributed by atoms with Crippen molar-refractivity contribution in [3.05, 3.63) is 77.2 Å². The van der Waals surface area contributed by atoms with Crippen molar-refractivity contribution in [2.24, 2.45) is 11.7 Å². The second-order valence-electron chi connectivity index (χ2n) is 6.27. The van der Waals surface area contributed by atoms with Crippen LogP contribution in [0.3, 0.4) is 0 Å². The second-order valence-corrected chi connectivity index (χ2v) is 7.62. The smallest absolute Gasteiger partial charge is 0.229 e. The third-order valence-corrected chi connectivity index (χ3v) is 5.71. The highest BCUT2D eigenvalue weighted by molar-refractivity contribution is 7.98. The minimum atomic E-state index is -0.689. The Labute approximate surface area is 171 Å².